The number of aromatic nitrogens is 1. The Kier molecular flexibility index (Phi) is 9.32. The van der Waals surface area contributed by atoms with Gasteiger partial charge in [-0.3, -0.25) is 0 Å². The fourth-order valence-electron chi connectivity index (χ4n) is 2.97. The number of ether oxygens (including phenoxy) is 1. The van der Waals surface area contributed by atoms with Crippen LogP contribution in [0.5, 0.6) is 0 Å². The van der Waals surface area contributed by atoms with E-state index in [4.69, 9.17) is 0 Å². The molecule has 264 valence electrons. The molecule has 0 atom stereocenters. The molecule has 0 bridgehead atoms. The van der Waals surface area contributed by atoms with Crippen molar-refractivity contribution in [2.75, 3.05) is 0 Å². The van der Waals surface area contributed by atoms with Crippen molar-refractivity contribution < 1.29 is 106 Å². The van der Waals surface area contributed by atoms with Crippen LogP contribution in [0.25, 0.3) is 15.7 Å². The average molecular weight is 759 g/mol. The number of nitrogens with zero attached hydrogens (tertiary/aromatic N) is 2. The Morgan fingerprint density at radius 3 is 1.41 bits per heavy atom. The second-order valence-corrected chi connectivity index (χ2v) is 10.7. The number of fused-ring (bicyclic) bond motifs is 1. The molecule has 5 nitrogen and oxygen atoms in total. The largest absolute Gasteiger partial charge is 0.438 e. The standard InChI is InChI=1S/C19H7ClF20N2O3S/c20-16(33,34)14(29,30)12(25,26)10(21,22)11(23,24)13(27,28)15(31,32)17(35,36)45-18(37,38)19(39,40)46(43,44)41-42-7-3-5-8-4-1-2-6-9(8)42/h1-7H. The van der Waals surface area contributed by atoms with Crippen LogP contribution in [0.2, 0.25) is 0 Å². The van der Waals surface area contributed by atoms with Gasteiger partial charge in [0.25, 0.3) is 0 Å². The highest BCUT2D eigenvalue weighted by molar-refractivity contribution is 7.94. The van der Waals surface area contributed by atoms with E-state index in [9.17, 15) is 96.2 Å². The zero-order valence-corrected chi connectivity index (χ0v) is 22.1. The Morgan fingerprint density at radius 1 is 0.565 bits per heavy atom. The second-order valence-electron chi connectivity index (χ2n) is 8.56. The fourth-order valence-corrected chi connectivity index (χ4v) is 3.91. The molecule has 1 aromatic carbocycles. The predicted molar refractivity (Wildman–Crippen MR) is 108 cm³/mol. The first kappa shape index (κ1) is 39.4. The van der Waals surface area contributed by atoms with Crippen molar-refractivity contribution in [1.29, 1.82) is 0 Å². The summed E-state index contributed by atoms with van der Waals surface area (Å²) in [5.41, 5.74) is -0.539. The molecular weight excluding hydrogens is 752 g/mol. The molecule has 0 unspecified atom stereocenters. The molecule has 1 heterocycles. The van der Waals surface area contributed by atoms with E-state index in [0.717, 1.165) is 30.3 Å². The number of halogens is 21. The van der Waals surface area contributed by atoms with Gasteiger partial charge in [-0.25, -0.2) is 17.8 Å². The van der Waals surface area contributed by atoms with Gasteiger partial charge < -0.3 is 4.83 Å². The van der Waals surface area contributed by atoms with Gasteiger partial charge in [-0.1, -0.05) is 12.1 Å². The molecular formula is C19H7ClF20N2O3S. The average Bonchev–Trinajstić information content (AvgIpc) is 2.86. The minimum Gasteiger partial charge on any atom is -0.316 e. The summed E-state index contributed by atoms with van der Waals surface area (Å²) in [7, 11) is -7.44. The highest BCUT2D eigenvalue weighted by Crippen LogP contribution is 2.64. The highest BCUT2D eigenvalue weighted by Gasteiger charge is 2.95. The fraction of sp³-hybridized carbons (Fsp3) is 0.526. The van der Waals surface area contributed by atoms with Crippen molar-refractivity contribution in [3.05, 3.63) is 47.4 Å². The van der Waals surface area contributed by atoms with Crippen LogP contribution in [0.4, 0.5) is 87.8 Å². The Labute approximate surface area is 244 Å². The minimum absolute atomic E-state index is 0.0977. The Bertz CT molecular complexity index is 1560. The van der Waals surface area contributed by atoms with Crippen LogP contribution in [-0.2, 0) is 14.8 Å². The van der Waals surface area contributed by atoms with Crippen molar-refractivity contribution in [1.82, 2.24) is 0 Å². The van der Waals surface area contributed by atoms with Crippen molar-refractivity contribution >= 4 is 32.5 Å². The van der Waals surface area contributed by atoms with Gasteiger partial charge in [0, 0.05) is 17.5 Å². The molecule has 0 radical (unpaired) electrons. The molecule has 0 N–H and O–H groups in total. The van der Waals surface area contributed by atoms with Gasteiger partial charge in [0.2, 0.25) is 15.5 Å². The number of pyridine rings is 1. The van der Waals surface area contributed by atoms with E-state index in [1.54, 1.807) is 0 Å². The van der Waals surface area contributed by atoms with Crippen LogP contribution in [0, 0.1) is 0 Å². The SMILES string of the molecule is O=S(=O)([N-][n+]1cccc2ccccc21)C(F)(F)C(F)(F)OC(F)(F)C(F)(F)C(F)(F)C(F)(F)C(F)(F)C(F)(F)C(F)(F)C(F)(F)Cl. The smallest absolute Gasteiger partial charge is 0.316 e. The van der Waals surface area contributed by atoms with Gasteiger partial charge in [-0.2, -0.15) is 87.8 Å². The molecule has 2 rings (SSSR count). The van der Waals surface area contributed by atoms with Crippen LogP contribution >= 0.6 is 11.6 Å². The predicted octanol–water partition coefficient (Wildman–Crippen LogP) is 8.03. The summed E-state index contributed by atoms with van der Waals surface area (Å²) in [4.78, 5) is 2.09. The molecule has 2 aromatic rings. The van der Waals surface area contributed by atoms with Crippen LogP contribution in [0.1, 0.15) is 0 Å². The van der Waals surface area contributed by atoms with Gasteiger partial charge in [0.05, 0.1) is 0 Å². The molecule has 0 aliphatic heterocycles. The zero-order chi connectivity index (χ0) is 36.6. The van der Waals surface area contributed by atoms with Gasteiger partial charge >= 0.3 is 58.4 Å². The molecule has 0 fully saturated rings. The Balaban J connectivity index is 2.57. The van der Waals surface area contributed by atoms with Crippen molar-refractivity contribution in [3.8, 4) is 0 Å². The zero-order valence-electron chi connectivity index (χ0n) is 20.5. The summed E-state index contributed by atoms with van der Waals surface area (Å²) in [6.07, 6.45) is -15.8. The first-order valence-electron chi connectivity index (χ1n) is 10.6. The third-order valence-electron chi connectivity index (χ3n) is 5.49. The number of hydrogen-bond acceptors (Lipinski definition) is 3. The lowest BCUT2D eigenvalue weighted by molar-refractivity contribution is -0.586. The quantitative estimate of drug-likeness (QED) is 0.118. The van der Waals surface area contributed by atoms with E-state index < -0.39 is 73.9 Å². The highest BCUT2D eigenvalue weighted by atomic mass is 35.5. The lowest BCUT2D eigenvalue weighted by Crippen LogP contribution is -2.75. The molecule has 0 aliphatic rings. The normalized spacial score (nSPS) is 15.8. The summed E-state index contributed by atoms with van der Waals surface area (Å²) in [6, 6.07) is 6.18. The molecule has 0 spiro atoms. The maximum Gasteiger partial charge on any atom is 0.438 e. The van der Waals surface area contributed by atoms with Crippen LogP contribution in [0.3, 0.4) is 0 Å². The molecule has 0 amide bonds. The van der Waals surface area contributed by atoms with Crippen LogP contribution < -0.4 is 4.68 Å². The van der Waals surface area contributed by atoms with Gasteiger partial charge in [-0.15, -0.1) is 0 Å². The van der Waals surface area contributed by atoms with Crippen molar-refractivity contribution in [3.63, 3.8) is 0 Å². The van der Waals surface area contributed by atoms with Crippen LogP contribution in [-0.4, -0.2) is 66.8 Å². The summed E-state index contributed by atoms with van der Waals surface area (Å²) in [6.45, 7) is 0. The summed E-state index contributed by atoms with van der Waals surface area (Å²) in [5, 5.41) is -14.6. The molecule has 1 aromatic heterocycles. The number of alkyl halides is 21. The van der Waals surface area contributed by atoms with E-state index in [0.29, 0.717) is 6.20 Å². The lowest BCUT2D eigenvalue weighted by atomic mass is 9.91. The van der Waals surface area contributed by atoms with Gasteiger partial charge in [0.15, 0.2) is 6.20 Å². The number of benzene rings is 1. The number of rotatable bonds is 13. The van der Waals surface area contributed by atoms with Gasteiger partial charge in [0.1, 0.15) is 0 Å². The monoisotopic (exact) mass is 758 g/mol. The molecule has 0 aliphatic carbocycles. The Hall–Kier alpha value is -2.77. The number of sulfonamides is 1. The van der Waals surface area contributed by atoms with Gasteiger partial charge in [-0.05, 0) is 23.7 Å². The first-order valence-corrected chi connectivity index (χ1v) is 12.4. The summed E-state index contributed by atoms with van der Waals surface area (Å²) < 4.78 is 297. The third kappa shape index (κ3) is 5.49. The van der Waals surface area contributed by atoms with E-state index in [2.05, 4.69) is 16.4 Å². The maximum absolute atomic E-state index is 14.2. The number of para-hydroxylation sites is 1. The third-order valence-corrected chi connectivity index (χ3v) is 7.01. The van der Waals surface area contributed by atoms with E-state index >= 15 is 0 Å². The van der Waals surface area contributed by atoms with Crippen molar-refractivity contribution in [2.24, 2.45) is 0 Å². The summed E-state index contributed by atoms with van der Waals surface area (Å²) >= 11 is 3.34. The van der Waals surface area contributed by atoms with Crippen molar-refractivity contribution in [2.45, 2.75) is 58.4 Å². The summed E-state index contributed by atoms with van der Waals surface area (Å²) in [5.74, 6) is -52.9. The lowest BCUT2D eigenvalue weighted by Gasteiger charge is -2.43. The second kappa shape index (κ2) is 10.9. The minimum atomic E-state index is -9.13. The molecule has 27 heteroatoms. The topological polar surface area (TPSA) is 61.4 Å². The first-order chi connectivity index (χ1) is 20.0. The number of hydrogen-bond donors (Lipinski definition) is 0. The van der Waals surface area contributed by atoms with E-state index in [1.165, 1.54) is 10.8 Å². The van der Waals surface area contributed by atoms with E-state index in [1.807, 2.05) is 0 Å². The molecule has 46 heavy (non-hydrogen) atoms. The van der Waals surface area contributed by atoms with E-state index in [-0.39, 0.29) is 10.1 Å². The maximum atomic E-state index is 14.2. The van der Waals surface area contributed by atoms with Crippen LogP contribution in [0.15, 0.2) is 42.6 Å². The molecule has 0 saturated heterocycles. The molecule has 0 saturated carbocycles. The Morgan fingerprint density at radius 2 is 0.957 bits per heavy atom.